The maximum absolute atomic E-state index is 13.4. The molecule has 8 aromatic rings. The SMILES string of the molecule is CS(=O)(=O)c1cccc(-c2ccc(-c3nc(C(F)(F)F)cn3-c3cc(Cl)ccc3Cl)s2)c1.CS(=O)(=O)c1cccc(B(O)O)c1.FC(F)(F)c1cn(-c2cc(Cl)ccc2Cl)c(-c2ccc(Br)s2)n1. The summed E-state index contributed by atoms with van der Waals surface area (Å²) in [5, 5.41) is 18.7. The Kier molecular flexibility index (Phi) is 16.4. The lowest BCUT2D eigenvalue weighted by Crippen LogP contribution is -2.30. The van der Waals surface area contributed by atoms with Crippen molar-refractivity contribution in [3.05, 3.63) is 157 Å². The number of hydrogen-bond donors (Lipinski definition) is 2. The zero-order valence-corrected chi connectivity index (χ0v) is 42.1. The van der Waals surface area contributed by atoms with Crippen molar-refractivity contribution in [1.29, 1.82) is 0 Å². The average Bonchev–Trinajstić information content (AvgIpc) is 4.09. The molecule has 0 spiro atoms. The number of halogens is 11. The van der Waals surface area contributed by atoms with Crippen molar-refractivity contribution in [2.24, 2.45) is 0 Å². The Morgan fingerprint density at radius 2 is 1.03 bits per heavy atom. The molecule has 0 atom stereocenters. The van der Waals surface area contributed by atoms with Crippen LogP contribution in [0.5, 0.6) is 0 Å². The molecule has 0 amide bonds. The summed E-state index contributed by atoms with van der Waals surface area (Å²) in [4.78, 5) is 9.47. The predicted octanol–water partition coefficient (Wildman–Crippen LogP) is 12.5. The fourth-order valence-electron chi connectivity index (χ4n) is 5.92. The van der Waals surface area contributed by atoms with Crippen molar-refractivity contribution in [1.82, 2.24) is 19.1 Å². The number of aromatic nitrogens is 4. The topological polar surface area (TPSA) is 144 Å². The van der Waals surface area contributed by atoms with Crippen LogP contribution in [-0.4, -0.2) is 65.6 Å². The number of nitrogens with zero attached hydrogens (tertiary/aromatic N) is 4. The number of alkyl halides is 6. The van der Waals surface area contributed by atoms with Crippen molar-refractivity contribution in [2.45, 2.75) is 22.1 Å². The molecule has 0 radical (unpaired) electrons. The summed E-state index contributed by atoms with van der Waals surface area (Å²) in [7, 11) is -8.33. The Morgan fingerprint density at radius 1 is 0.588 bits per heavy atom. The van der Waals surface area contributed by atoms with Crippen LogP contribution >= 0.6 is 85.0 Å². The van der Waals surface area contributed by atoms with Gasteiger partial charge in [-0.15, -0.1) is 22.7 Å². The Bertz CT molecular complexity index is 3360. The molecule has 0 aliphatic rings. The number of rotatable bonds is 8. The highest BCUT2D eigenvalue weighted by Crippen LogP contribution is 2.41. The Hall–Kier alpha value is -4.20. The molecule has 2 N–H and O–H groups in total. The van der Waals surface area contributed by atoms with Gasteiger partial charge in [0.1, 0.15) is 0 Å². The van der Waals surface area contributed by atoms with Crippen LogP contribution in [0, 0.1) is 0 Å². The summed E-state index contributed by atoms with van der Waals surface area (Å²) in [6.45, 7) is 0. The van der Waals surface area contributed by atoms with Crippen LogP contribution in [0.25, 0.3) is 43.2 Å². The normalized spacial score (nSPS) is 12.0. The highest BCUT2D eigenvalue weighted by atomic mass is 79.9. The molecule has 0 aliphatic carbocycles. The molecule has 0 fully saturated rings. The van der Waals surface area contributed by atoms with E-state index in [4.69, 9.17) is 56.5 Å². The number of benzene rings is 4. The van der Waals surface area contributed by atoms with Gasteiger partial charge in [0, 0.05) is 39.8 Å². The smallest absolute Gasteiger partial charge is 0.423 e. The zero-order valence-electron chi connectivity index (χ0n) is 34.2. The van der Waals surface area contributed by atoms with Gasteiger partial charge >= 0.3 is 19.5 Å². The van der Waals surface area contributed by atoms with Crippen LogP contribution in [0.2, 0.25) is 20.1 Å². The number of thiophene rings is 2. The second-order valence-electron chi connectivity index (χ2n) is 14.1. The molecule has 26 heteroatoms. The molecule has 4 aromatic carbocycles. The minimum Gasteiger partial charge on any atom is -0.423 e. The van der Waals surface area contributed by atoms with E-state index in [0.717, 1.165) is 28.7 Å². The van der Waals surface area contributed by atoms with Gasteiger partial charge in [-0.05, 0) is 112 Å². The molecular formula is C42H28BBrCl4F6N4O6S4. The monoisotopic (exact) mass is 1160 g/mol. The van der Waals surface area contributed by atoms with E-state index in [1.54, 1.807) is 42.5 Å². The van der Waals surface area contributed by atoms with Gasteiger partial charge in [-0.25, -0.2) is 26.8 Å². The van der Waals surface area contributed by atoms with Crippen LogP contribution in [0.1, 0.15) is 11.4 Å². The first kappa shape index (κ1) is 53.2. The minimum atomic E-state index is -4.66. The Labute approximate surface area is 421 Å². The number of hydrogen-bond acceptors (Lipinski definition) is 10. The summed E-state index contributed by atoms with van der Waals surface area (Å²) in [6.07, 6.45) is -5.25. The van der Waals surface area contributed by atoms with E-state index in [9.17, 15) is 43.2 Å². The van der Waals surface area contributed by atoms with Crippen LogP contribution in [0.3, 0.4) is 0 Å². The Balaban J connectivity index is 0.000000184. The number of imidazole rings is 2. The highest BCUT2D eigenvalue weighted by Gasteiger charge is 2.37. The molecule has 0 bridgehead atoms. The van der Waals surface area contributed by atoms with E-state index in [-0.39, 0.29) is 42.6 Å². The largest absolute Gasteiger partial charge is 0.488 e. The van der Waals surface area contributed by atoms with E-state index in [1.807, 2.05) is 0 Å². The van der Waals surface area contributed by atoms with Crippen LogP contribution in [-0.2, 0) is 32.0 Å². The molecule has 4 heterocycles. The van der Waals surface area contributed by atoms with Crippen molar-refractivity contribution in [3.63, 3.8) is 0 Å². The first-order valence-electron chi connectivity index (χ1n) is 18.7. The maximum Gasteiger partial charge on any atom is 0.488 e. The third-order valence-electron chi connectivity index (χ3n) is 9.08. The van der Waals surface area contributed by atoms with Gasteiger partial charge < -0.3 is 10.0 Å². The van der Waals surface area contributed by atoms with Crippen molar-refractivity contribution in [3.8, 4) is 43.2 Å². The van der Waals surface area contributed by atoms with E-state index in [0.29, 0.717) is 35.9 Å². The molecule has 0 saturated carbocycles. The van der Waals surface area contributed by atoms with Gasteiger partial charge in [0.15, 0.2) is 42.7 Å². The lowest BCUT2D eigenvalue weighted by Gasteiger charge is -2.09. The molecule has 0 unspecified atom stereocenters. The van der Waals surface area contributed by atoms with E-state index in [1.165, 1.54) is 98.5 Å². The molecule has 10 nitrogen and oxygen atoms in total. The summed E-state index contributed by atoms with van der Waals surface area (Å²) < 4.78 is 129. The summed E-state index contributed by atoms with van der Waals surface area (Å²) >= 11 is 30.1. The van der Waals surface area contributed by atoms with Crippen LogP contribution < -0.4 is 5.46 Å². The standard InChI is InChI=1S/C21H13Cl2F3N2O2S2.C14H6BrCl2F3N2S.C7H9BO4S/c1-32(29,30)14-4-2-3-12(9-14)17-7-8-18(31-17)20-27-19(21(24,25)26)11-28(20)16-10-13(22)5-6-15(16)23;15-12-4-3-10(23-12)13-21-11(14(18,19)20)6-22(13)9-5-7(16)1-2-8(9)17;1-13(11,12)7-4-2-3-6(5-7)8(9)10/h2-11H,1H3;1-6H;2-5,9-10H,1H3. The second kappa shape index (κ2) is 21.0. The second-order valence-corrected chi connectivity index (χ2v) is 23.4. The molecule has 4 aromatic heterocycles. The van der Waals surface area contributed by atoms with E-state index < -0.39 is 50.5 Å². The third-order valence-corrected chi connectivity index (χ3v) is 15.2. The van der Waals surface area contributed by atoms with E-state index in [2.05, 4.69) is 25.9 Å². The molecule has 0 aliphatic heterocycles. The lowest BCUT2D eigenvalue weighted by atomic mass is 9.80. The molecule has 0 saturated heterocycles. The first-order valence-corrected chi connectivity index (χ1v) is 26.4. The van der Waals surface area contributed by atoms with Gasteiger partial charge in [0.25, 0.3) is 0 Å². The van der Waals surface area contributed by atoms with Crippen molar-refractivity contribution in [2.75, 3.05) is 12.5 Å². The van der Waals surface area contributed by atoms with Crippen molar-refractivity contribution >= 4 is 117 Å². The van der Waals surface area contributed by atoms with Gasteiger partial charge in [-0.2, -0.15) is 26.3 Å². The van der Waals surface area contributed by atoms with Gasteiger partial charge in [-0.3, -0.25) is 9.13 Å². The maximum atomic E-state index is 13.4. The predicted molar refractivity (Wildman–Crippen MR) is 259 cm³/mol. The Morgan fingerprint density at radius 3 is 1.47 bits per heavy atom. The summed E-state index contributed by atoms with van der Waals surface area (Å²) in [5.41, 5.74) is -0.680. The summed E-state index contributed by atoms with van der Waals surface area (Å²) in [5.74, 6) is 0.189. The minimum absolute atomic E-state index is 0.0389. The molecule has 356 valence electrons. The third kappa shape index (κ3) is 13.2. The quantitative estimate of drug-likeness (QED) is 0.113. The first-order chi connectivity index (χ1) is 31.6. The van der Waals surface area contributed by atoms with Gasteiger partial charge in [0.2, 0.25) is 0 Å². The number of sulfone groups is 2. The van der Waals surface area contributed by atoms with Crippen LogP contribution in [0.15, 0.2) is 135 Å². The molecule has 8 rings (SSSR count). The zero-order chi connectivity index (χ0) is 50.1. The molecule has 68 heavy (non-hydrogen) atoms. The van der Waals surface area contributed by atoms with Gasteiger partial charge in [-0.1, -0.05) is 70.7 Å². The fraction of sp³-hybridized carbons (Fsp3) is 0.0952. The highest BCUT2D eigenvalue weighted by molar-refractivity contribution is 9.11. The van der Waals surface area contributed by atoms with Gasteiger partial charge in [0.05, 0.1) is 44.8 Å². The van der Waals surface area contributed by atoms with Crippen LogP contribution in [0.4, 0.5) is 26.3 Å². The van der Waals surface area contributed by atoms with Crippen molar-refractivity contribution < 1.29 is 53.2 Å². The molecular weight excluding hydrogens is 1130 g/mol. The van der Waals surface area contributed by atoms with E-state index >= 15 is 0 Å². The lowest BCUT2D eigenvalue weighted by molar-refractivity contribution is -0.141. The summed E-state index contributed by atoms with van der Waals surface area (Å²) in [6, 6.07) is 27.7. The average molecular weight is 1160 g/mol. The fourth-order valence-corrected chi connectivity index (χ4v) is 10.4.